The molecule has 3 atom stereocenters. The van der Waals surface area contributed by atoms with Gasteiger partial charge in [0, 0.05) is 12.6 Å². The van der Waals surface area contributed by atoms with Gasteiger partial charge in [0.05, 0.1) is 25.4 Å². The average Bonchev–Trinajstić information content (AvgIpc) is 2.79. The molecule has 1 aliphatic heterocycles. The lowest BCUT2D eigenvalue weighted by Crippen LogP contribution is -2.46. The Morgan fingerprint density at radius 1 is 1.65 bits per heavy atom. The van der Waals surface area contributed by atoms with Gasteiger partial charge in [-0.15, -0.1) is 0 Å². The fourth-order valence-corrected chi connectivity index (χ4v) is 1.76. The summed E-state index contributed by atoms with van der Waals surface area (Å²) in [4.78, 5) is 11.6. The van der Waals surface area contributed by atoms with Crippen molar-refractivity contribution in [3.05, 3.63) is 0 Å². The van der Waals surface area contributed by atoms with Crippen molar-refractivity contribution >= 4 is 5.91 Å². The van der Waals surface area contributed by atoms with Gasteiger partial charge in [-0.3, -0.25) is 4.79 Å². The molecule has 1 heterocycles. The van der Waals surface area contributed by atoms with Crippen LogP contribution in [-0.4, -0.2) is 43.9 Å². The Labute approximate surface area is 103 Å². The van der Waals surface area contributed by atoms with Gasteiger partial charge in [0.25, 0.3) is 0 Å². The van der Waals surface area contributed by atoms with Crippen LogP contribution >= 0.6 is 0 Å². The van der Waals surface area contributed by atoms with Crippen LogP contribution in [0.25, 0.3) is 0 Å². The molecule has 0 radical (unpaired) electrons. The second-order valence-electron chi connectivity index (χ2n) is 4.62. The lowest BCUT2D eigenvalue weighted by molar-refractivity contribution is -0.123. The van der Waals surface area contributed by atoms with Crippen LogP contribution in [0.5, 0.6) is 0 Å². The first-order chi connectivity index (χ1) is 8.13. The zero-order chi connectivity index (χ0) is 12.7. The molecule has 3 unspecified atom stereocenters. The highest BCUT2D eigenvalue weighted by Crippen LogP contribution is 2.08. The van der Waals surface area contributed by atoms with Crippen molar-refractivity contribution in [3.63, 3.8) is 0 Å². The third-order valence-electron chi connectivity index (χ3n) is 2.79. The smallest absolute Gasteiger partial charge is 0.237 e. The molecule has 0 spiro atoms. The maximum absolute atomic E-state index is 11.6. The van der Waals surface area contributed by atoms with Crippen molar-refractivity contribution in [3.8, 4) is 0 Å². The van der Waals surface area contributed by atoms with Crippen molar-refractivity contribution in [2.75, 3.05) is 19.8 Å². The summed E-state index contributed by atoms with van der Waals surface area (Å²) in [6.07, 6.45) is 2.75. The minimum absolute atomic E-state index is 0.00833. The van der Waals surface area contributed by atoms with E-state index in [4.69, 9.17) is 15.2 Å². The number of rotatable bonds is 7. The lowest BCUT2D eigenvalue weighted by atomic mass is 10.1. The Kier molecular flexibility index (Phi) is 6.47. The van der Waals surface area contributed by atoms with Crippen LogP contribution in [-0.2, 0) is 14.3 Å². The molecular formula is C12H24N2O3. The van der Waals surface area contributed by atoms with Gasteiger partial charge in [0.15, 0.2) is 0 Å². The predicted octanol–water partition coefficient (Wildman–Crippen LogP) is 0.424. The summed E-state index contributed by atoms with van der Waals surface area (Å²) >= 11 is 0. The molecule has 1 amide bonds. The van der Waals surface area contributed by atoms with Gasteiger partial charge in [-0.25, -0.2) is 0 Å². The lowest BCUT2D eigenvalue weighted by Gasteiger charge is -2.19. The Hall–Kier alpha value is -0.650. The molecule has 5 nitrogen and oxygen atoms in total. The first-order valence-corrected chi connectivity index (χ1v) is 6.38. The van der Waals surface area contributed by atoms with E-state index in [2.05, 4.69) is 5.32 Å². The molecule has 0 aliphatic carbocycles. The van der Waals surface area contributed by atoms with Crippen molar-refractivity contribution in [2.45, 2.75) is 51.3 Å². The van der Waals surface area contributed by atoms with Crippen LogP contribution < -0.4 is 11.1 Å². The van der Waals surface area contributed by atoms with Gasteiger partial charge in [-0.1, -0.05) is 13.3 Å². The minimum Gasteiger partial charge on any atom is -0.379 e. The first kappa shape index (κ1) is 14.4. The molecule has 5 heteroatoms. The molecule has 1 aliphatic rings. The van der Waals surface area contributed by atoms with Crippen molar-refractivity contribution < 1.29 is 14.3 Å². The monoisotopic (exact) mass is 244 g/mol. The molecular weight excluding hydrogens is 220 g/mol. The van der Waals surface area contributed by atoms with Gasteiger partial charge < -0.3 is 20.5 Å². The summed E-state index contributed by atoms with van der Waals surface area (Å²) in [5, 5.41) is 2.86. The van der Waals surface area contributed by atoms with E-state index in [9.17, 15) is 4.79 Å². The quantitative estimate of drug-likeness (QED) is 0.681. The minimum atomic E-state index is -0.405. The number of ether oxygens (including phenoxy) is 2. The van der Waals surface area contributed by atoms with Gasteiger partial charge >= 0.3 is 0 Å². The van der Waals surface area contributed by atoms with E-state index in [1.165, 1.54) is 0 Å². The highest BCUT2D eigenvalue weighted by atomic mass is 16.5. The van der Waals surface area contributed by atoms with E-state index in [1.54, 1.807) is 0 Å². The Bertz CT molecular complexity index is 230. The molecule has 1 fully saturated rings. The molecule has 0 aromatic carbocycles. The normalized spacial score (nSPS) is 23.4. The Balaban J connectivity index is 2.14. The number of amides is 1. The zero-order valence-corrected chi connectivity index (χ0v) is 10.8. The number of hydrogen-bond donors (Lipinski definition) is 2. The van der Waals surface area contributed by atoms with E-state index in [1.807, 2.05) is 13.8 Å². The zero-order valence-electron chi connectivity index (χ0n) is 10.8. The maximum atomic E-state index is 11.6. The third kappa shape index (κ3) is 5.48. The summed E-state index contributed by atoms with van der Waals surface area (Å²) in [5.41, 5.74) is 5.72. The van der Waals surface area contributed by atoms with Crippen molar-refractivity contribution in [1.29, 1.82) is 0 Å². The summed E-state index contributed by atoms with van der Waals surface area (Å²) in [6, 6.07) is -0.414. The summed E-state index contributed by atoms with van der Waals surface area (Å²) in [5.74, 6) is -0.0920. The Morgan fingerprint density at radius 2 is 2.41 bits per heavy atom. The SMILES string of the molecule is CCCC(N)C(=O)NC(C)COC1CCOC1. The van der Waals surface area contributed by atoms with Gasteiger partial charge in [0.1, 0.15) is 0 Å². The summed E-state index contributed by atoms with van der Waals surface area (Å²) in [7, 11) is 0. The van der Waals surface area contributed by atoms with Crippen LogP contribution in [0.3, 0.4) is 0 Å². The topological polar surface area (TPSA) is 73.6 Å². The van der Waals surface area contributed by atoms with Crippen LogP contribution in [0.1, 0.15) is 33.1 Å². The third-order valence-corrected chi connectivity index (χ3v) is 2.79. The van der Waals surface area contributed by atoms with Crippen LogP contribution in [0.2, 0.25) is 0 Å². The van der Waals surface area contributed by atoms with E-state index in [0.717, 1.165) is 25.9 Å². The predicted molar refractivity (Wildman–Crippen MR) is 65.7 cm³/mol. The van der Waals surface area contributed by atoms with E-state index in [-0.39, 0.29) is 18.1 Å². The summed E-state index contributed by atoms with van der Waals surface area (Å²) < 4.78 is 10.8. The van der Waals surface area contributed by atoms with Gasteiger partial charge in [-0.05, 0) is 19.8 Å². The fraction of sp³-hybridized carbons (Fsp3) is 0.917. The second kappa shape index (κ2) is 7.63. The Morgan fingerprint density at radius 3 is 3.00 bits per heavy atom. The average molecular weight is 244 g/mol. The van der Waals surface area contributed by atoms with E-state index in [0.29, 0.717) is 13.2 Å². The second-order valence-corrected chi connectivity index (χ2v) is 4.62. The highest BCUT2D eigenvalue weighted by Gasteiger charge is 2.19. The molecule has 1 saturated heterocycles. The molecule has 3 N–H and O–H groups in total. The standard InChI is InChI=1S/C12H24N2O3/c1-3-4-11(13)12(15)14-9(2)7-17-10-5-6-16-8-10/h9-11H,3-8,13H2,1-2H3,(H,14,15). The van der Waals surface area contributed by atoms with E-state index >= 15 is 0 Å². The van der Waals surface area contributed by atoms with Crippen LogP contribution in [0.15, 0.2) is 0 Å². The largest absolute Gasteiger partial charge is 0.379 e. The van der Waals surface area contributed by atoms with Crippen molar-refractivity contribution in [2.24, 2.45) is 5.73 Å². The summed E-state index contributed by atoms with van der Waals surface area (Å²) in [6.45, 7) is 5.88. The molecule has 0 aromatic rings. The molecule has 0 bridgehead atoms. The highest BCUT2D eigenvalue weighted by molar-refractivity contribution is 5.81. The van der Waals surface area contributed by atoms with Gasteiger partial charge in [-0.2, -0.15) is 0 Å². The molecule has 1 rings (SSSR count). The number of hydrogen-bond acceptors (Lipinski definition) is 4. The van der Waals surface area contributed by atoms with Gasteiger partial charge in [0.2, 0.25) is 5.91 Å². The molecule has 17 heavy (non-hydrogen) atoms. The number of carbonyl (C=O) groups excluding carboxylic acids is 1. The van der Waals surface area contributed by atoms with Crippen molar-refractivity contribution in [1.82, 2.24) is 5.32 Å². The number of nitrogens with one attached hydrogen (secondary N) is 1. The molecule has 100 valence electrons. The van der Waals surface area contributed by atoms with Crippen LogP contribution in [0.4, 0.5) is 0 Å². The van der Waals surface area contributed by atoms with Crippen LogP contribution in [0, 0.1) is 0 Å². The number of carbonyl (C=O) groups is 1. The number of nitrogens with two attached hydrogens (primary N) is 1. The van der Waals surface area contributed by atoms with E-state index < -0.39 is 6.04 Å². The molecule has 0 aromatic heterocycles. The fourth-order valence-electron chi connectivity index (χ4n) is 1.76. The molecule has 0 saturated carbocycles. The maximum Gasteiger partial charge on any atom is 0.237 e. The first-order valence-electron chi connectivity index (χ1n) is 6.38.